The highest BCUT2D eigenvalue weighted by molar-refractivity contribution is 6.34. The molecule has 4 nitrogen and oxygen atoms in total. The number of quaternary nitrogens is 1. The summed E-state index contributed by atoms with van der Waals surface area (Å²) in [7, 11) is 0. The van der Waals surface area contributed by atoms with Crippen molar-refractivity contribution >= 4 is 23.3 Å². The maximum atomic E-state index is 13.5. The van der Waals surface area contributed by atoms with Gasteiger partial charge in [0.05, 0.1) is 12.2 Å². The molecule has 0 radical (unpaired) electrons. The minimum atomic E-state index is -4.61. The number of alkyl halides is 3. The first-order valence-corrected chi connectivity index (χ1v) is 8.27. The third-order valence-corrected chi connectivity index (χ3v) is 4.56. The Morgan fingerprint density at radius 3 is 2.50 bits per heavy atom. The monoisotopic (exact) mass is 365 g/mol. The summed E-state index contributed by atoms with van der Waals surface area (Å²) in [5.41, 5.74) is 2.60. The average Bonchev–Trinajstić information content (AvgIpc) is 2.52. The Labute approximate surface area is 143 Å². The van der Waals surface area contributed by atoms with E-state index in [0.29, 0.717) is 0 Å². The predicted molar refractivity (Wildman–Crippen MR) is 84.1 cm³/mol. The van der Waals surface area contributed by atoms with Crippen molar-refractivity contribution in [1.29, 1.82) is 0 Å². The van der Waals surface area contributed by atoms with Gasteiger partial charge in [0.15, 0.2) is 5.69 Å². The largest absolute Gasteiger partial charge is 0.462 e. The summed E-state index contributed by atoms with van der Waals surface area (Å²) in [6, 6.07) is 0.811. The van der Waals surface area contributed by atoms with E-state index in [1.807, 2.05) is 4.90 Å². The molecule has 0 aliphatic carbocycles. The first-order chi connectivity index (χ1) is 11.3. The molecule has 134 valence electrons. The molecule has 0 unspecified atom stereocenters. The lowest BCUT2D eigenvalue weighted by atomic mass is 9.99. The Morgan fingerprint density at radius 2 is 1.96 bits per heavy atom. The molecule has 8 heteroatoms. The van der Waals surface area contributed by atoms with Crippen LogP contribution in [-0.2, 0) is 17.5 Å². The van der Waals surface area contributed by atoms with Crippen molar-refractivity contribution in [2.24, 2.45) is 0 Å². The number of benzene rings is 1. The number of hydrogen-bond donors (Lipinski definition) is 1. The van der Waals surface area contributed by atoms with E-state index in [4.69, 9.17) is 16.3 Å². The van der Waals surface area contributed by atoms with Gasteiger partial charge in [-0.05, 0) is 38.9 Å². The molecule has 2 rings (SSSR count). The van der Waals surface area contributed by atoms with Gasteiger partial charge in [-0.2, -0.15) is 13.2 Å². The van der Waals surface area contributed by atoms with Gasteiger partial charge in [0.25, 0.3) is 0 Å². The van der Waals surface area contributed by atoms with E-state index in [9.17, 15) is 18.0 Å². The quantitative estimate of drug-likeness (QED) is 0.832. The van der Waals surface area contributed by atoms with E-state index in [1.54, 1.807) is 6.92 Å². The maximum Gasteiger partial charge on any atom is 0.416 e. The highest BCUT2D eigenvalue weighted by Gasteiger charge is 2.38. The molecule has 1 aliphatic rings. The van der Waals surface area contributed by atoms with Gasteiger partial charge < -0.3 is 10.5 Å². The van der Waals surface area contributed by atoms with Crippen LogP contribution in [0, 0.1) is 0 Å². The minimum Gasteiger partial charge on any atom is -0.462 e. The zero-order valence-electron chi connectivity index (χ0n) is 13.5. The van der Waals surface area contributed by atoms with Crippen LogP contribution in [0.25, 0.3) is 0 Å². The second-order valence-electron chi connectivity index (χ2n) is 5.80. The van der Waals surface area contributed by atoms with Gasteiger partial charge >= 0.3 is 12.1 Å². The van der Waals surface area contributed by atoms with Gasteiger partial charge in [-0.1, -0.05) is 18.0 Å². The van der Waals surface area contributed by atoms with Crippen molar-refractivity contribution in [1.82, 2.24) is 4.90 Å². The lowest BCUT2D eigenvalue weighted by molar-refractivity contribution is -0.255. The van der Waals surface area contributed by atoms with Crippen molar-refractivity contribution in [3.8, 4) is 0 Å². The molecule has 0 amide bonds. The average molecular weight is 366 g/mol. The number of halogens is 4. The first kappa shape index (κ1) is 19.0. The summed E-state index contributed by atoms with van der Waals surface area (Å²) in [6.07, 6.45) is -1.61. The second-order valence-corrected chi connectivity index (χ2v) is 6.18. The van der Waals surface area contributed by atoms with E-state index in [1.165, 1.54) is 0 Å². The van der Waals surface area contributed by atoms with Crippen molar-refractivity contribution in [3.63, 3.8) is 0 Å². The van der Waals surface area contributed by atoms with Crippen LogP contribution in [0.2, 0.25) is 5.02 Å². The Bertz CT molecular complexity index is 614. The zero-order valence-corrected chi connectivity index (χ0v) is 14.3. The lowest BCUT2D eigenvalue weighted by Crippen LogP contribution is -2.43. The number of rotatable bonds is 4. The normalized spacial score (nSPS) is 16.2. The number of esters is 1. The smallest absolute Gasteiger partial charge is 0.416 e. The van der Waals surface area contributed by atoms with Crippen molar-refractivity contribution < 1.29 is 28.4 Å². The molecule has 1 aliphatic heterocycles. The van der Waals surface area contributed by atoms with Crippen LogP contribution in [0.15, 0.2) is 6.07 Å². The Kier molecular flexibility index (Phi) is 6.11. The van der Waals surface area contributed by atoms with Crippen LogP contribution in [0.4, 0.5) is 18.9 Å². The number of piperidine rings is 1. The van der Waals surface area contributed by atoms with Crippen LogP contribution >= 0.6 is 11.6 Å². The van der Waals surface area contributed by atoms with Crippen LogP contribution in [0.3, 0.4) is 0 Å². The van der Waals surface area contributed by atoms with Gasteiger partial charge in [0.1, 0.15) is 10.6 Å². The molecular weight excluding hydrogens is 345 g/mol. The summed E-state index contributed by atoms with van der Waals surface area (Å²) in [5.74, 6) is -0.848. The lowest BCUT2D eigenvalue weighted by Gasteiger charge is -2.28. The Balaban J connectivity index is 2.48. The summed E-state index contributed by atoms with van der Waals surface area (Å²) < 4.78 is 45.3. The molecule has 1 aromatic rings. The number of carbonyl (C=O) groups is 1. The van der Waals surface area contributed by atoms with E-state index >= 15 is 0 Å². The van der Waals surface area contributed by atoms with E-state index in [0.717, 1.165) is 38.4 Å². The van der Waals surface area contributed by atoms with Crippen LogP contribution in [0.5, 0.6) is 0 Å². The fraction of sp³-hybridized carbons (Fsp3) is 0.562. The third-order valence-electron chi connectivity index (χ3n) is 4.10. The van der Waals surface area contributed by atoms with Gasteiger partial charge in [-0.25, -0.2) is 4.79 Å². The molecule has 0 atom stereocenters. The molecule has 1 aromatic carbocycles. The van der Waals surface area contributed by atoms with Gasteiger partial charge in [0.2, 0.25) is 0 Å². The third kappa shape index (κ3) is 4.20. The highest BCUT2D eigenvalue weighted by atomic mass is 35.5. The predicted octanol–water partition coefficient (Wildman–Crippen LogP) is 3.39. The molecule has 1 fully saturated rings. The van der Waals surface area contributed by atoms with E-state index < -0.39 is 17.7 Å². The van der Waals surface area contributed by atoms with Crippen LogP contribution in [0.1, 0.15) is 47.7 Å². The van der Waals surface area contributed by atoms with Crippen molar-refractivity contribution in [2.75, 3.05) is 19.7 Å². The number of hydrogen-bond acceptors (Lipinski definition) is 3. The molecule has 24 heavy (non-hydrogen) atoms. The maximum absolute atomic E-state index is 13.5. The van der Waals surface area contributed by atoms with Gasteiger partial charge in [-0.3, -0.25) is 4.90 Å². The van der Waals surface area contributed by atoms with Crippen molar-refractivity contribution in [2.45, 2.75) is 38.9 Å². The topological polar surface area (TPSA) is 57.2 Å². The molecule has 3 N–H and O–H groups in total. The molecule has 0 bridgehead atoms. The molecular formula is C16H21ClF3N2O2+. The Morgan fingerprint density at radius 1 is 1.33 bits per heavy atom. The summed E-state index contributed by atoms with van der Waals surface area (Å²) in [6.45, 7) is 3.21. The highest BCUT2D eigenvalue weighted by Crippen LogP contribution is 2.40. The minimum absolute atomic E-state index is 0.0240. The molecule has 0 aromatic heterocycles. The SMILES string of the molecule is CCOC(=O)c1cc(C(F)(F)F)c(CN2CCCCC2)c(Cl)c1[NH3+]. The van der Waals surface area contributed by atoms with Crippen molar-refractivity contribution in [3.05, 3.63) is 27.8 Å². The summed E-state index contributed by atoms with van der Waals surface area (Å²) in [4.78, 5) is 13.8. The summed E-state index contributed by atoms with van der Waals surface area (Å²) in [5, 5.41) is -0.113. The number of ether oxygens (including phenoxy) is 1. The first-order valence-electron chi connectivity index (χ1n) is 7.89. The van der Waals surface area contributed by atoms with Crippen LogP contribution < -0.4 is 5.73 Å². The molecule has 1 heterocycles. The second kappa shape index (κ2) is 7.72. The molecule has 0 saturated carbocycles. The number of carbonyl (C=O) groups excluding carboxylic acids is 1. The zero-order chi connectivity index (χ0) is 17.9. The number of likely N-dealkylation sites (tertiary alicyclic amines) is 1. The molecule has 1 saturated heterocycles. The fourth-order valence-corrected chi connectivity index (χ4v) is 3.14. The summed E-state index contributed by atoms with van der Waals surface area (Å²) >= 11 is 6.18. The van der Waals surface area contributed by atoms with Crippen LogP contribution in [-0.4, -0.2) is 30.6 Å². The van der Waals surface area contributed by atoms with Gasteiger partial charge in [-0.15, -0.1) is 0 Å². The standard InChI is InChI=1S/C16H20ClF3N2O2/c1-2-24-15(23)10-8-12(16(18,19)20)11(13(17)14(10)21)9-22-6-4-3-5-7-22/h8H,2-7,9,21H2,1H3/p+1. The fourth-order valence-electron chi connectivity index (χ4n) is 2.88. The van der Waals surface area contributed by atoms with Gasteiger partial charge in [0, 0.05) is 12.1 Å². The molecule has 0 spiro atoms. The van der Waals surface area contributed by atoms with E-state index in [-0.39, 0.29) is 35.0 Å². The number of nitrogens with zero attached hydrogens (tertiary/aromatic N) is 1. The Hall–Kier alpha value is -1.31. The van der Waals surface area contributed by atoms with E-state index in [2.05, 4.69) is 5.73 Å².